The molecule has 0 fully saturated rings. The molecule has 0 aromatic heterocycles. The van der Waals surface area contributed by atoms with E-state index in [-0.39, 0.29) is 10.8 Å². The maximum absolute atomic E-state index is 2.40. The van der Waals surface area contributed by atoms with Crippen LogP contribution in [0.3, 0.4) is 0 Å². The van der Waals surface area contributed by atoms with Crippen LogP contribution in [0.2, 0.25) is 0 Å². The molecule has 0 radical (unpaired) electrons. The molecule has 0 saturated heterocycles. The molecule has 8 aromatic carbocycles. The molecule has 0 unspecified atom stereocenters. The third-order valence-corrected chi connectivity index (χ3v) is 10.6. The van der Waals surface area contributed by atoms with Crippen LogP contribution in [0.4, 0.5) is 17.1 Å². The number of anilines is 3. The topological polar surface area (TPSA) is 3.24 Å². The zero-order valence-corrected chi connectivity index (χ0v) is 31.7. The van der Waals surface area contributed by atoms with E-state index in [1.165, 1.54) is 66.1 Å². The number of fused-ring (bicyclic) bond motifs is 2. The summed E-state index contributed by atoms with van der Waals surface area (Å²) in [7, 11) is 0. The zero-order valence-electron chi connectivity index (χ0n) is 31.7. The Hall–Kier alpha value is -5.92. The Morgan fingerprint density at radius 1 is 0.302 bits per heavy atom. The predicted molar refractivity (Wildman–Crippen MR) is 230 cm³/mol. The van der Waals surface area contributed by atoms with Crippen molar-refractivity contribution in [1.82, 2.24) is 0 Å². The van der Waals surface area contributed by atoms with Crippen LogP contribution in [0.15, 0.2) is 176 Å². The minimum atomic E-state index is 0.0910. The molecule has 0 aliphatic carbocycles. The van der Waals surface area contributed by atoms with Gasteiger partial charge in [-0.25, -0.2) is 0 Å². The van der Waals surface area contributed by atoms with Crippen molar-refractivity contribution in [2.45, 2.75) is 52.4 Å². The van der Waals surface area contributed by atoms with Gasteiger partial charge >= 0.3 is 0 Å². The Bertz CT molecular complexity index is 2460. The van der Waals surface area contributed by atoms with Gasteiger partial charge in [0.1, 0.15) is 0 Å². The summed E-state index contributed by atoms with van der Waals surface area (Å²) in [5.74, 6) is 0. The third kappa shape index (κ3) is 6.64. The highest BCUT2D eigenvalue weighted by Crippen LogP contribution is 2.45. The standard InChI is InChI=1S/C52H47N/c1-51(2,3)40-24-30-43(31-25-40)53(44-32-26-41(27-33-44)52(4,5)6)42-28-21-36(22-29-42)39-23-34-47-48(35-39)50(38-17-11-8-12-18-38)46-20-14-13-19-45(46)49(47)37-15-9-7-10-16-37/h7-35H,1-6H3. The van der Waals surface area contributed by atoms with Gasteiger partial charge in [0, 0.05) is 17.1 Å². The summed E-state index contributed by atoms with van der Waals surface area (Å²) in [5, 5.41) is 5.06. The van der Waals surface area contributed by atoms with Crippen molar-refractivity contribution in [2.24, 2.45) is 0 Å². The van der Waals surface area contributed by atoms with Gasteiger partial charge in [0.2, 0.25) is 0 Å². The first kappa shape index (κ1) is 34.2. The second-order valence-corrected chi connectivity index (χ2v) is 16.3. The van der Waals surface area contributed by atoms with Crippen molar-refractivity contribution in [3.63, 3.8) is 0 Å². The summed E-state index contributed by atoms with van der Waals surface area (Å²) in [6, 6.07) is 64.8. The molecule has 8 rings (SSSR count). The minimum Gasteiger partial charge on any atom is -0.311 e. The lowest BCUT2D eigenvalue weighted by atomic mass is 9.85. The molecule has 0 amide bonds. The fourth-order valence-corrected chi connectivity index (χ4v) is 7.66. The van der Waals surface area contributed by atoms with E-state index >= 15 is 0 Å². The summed E-state index contributed by atoms with van der Waals surface area (Å²) in [5.41, 5.74) is 13.7. The van der Waals surface area contributed by atoms with Crippen molar-refractivity contribution in [3.8, 4) is 33.4 Å². The quantitative estimate of drug-likeness (QED) is 0.158. The van der Waals surface area contributed by atoms with Crippen LogP contribution in [0.25, 0.3) is 54.9 Å². The molecule has 0 heterocycles. The van der Waals surface area contributed by atoms with Gasteiger partial charge in [0.25, 0.3) is 0 Å². The zero-order chi connectivity index (χ0) is 36.7. The minimum absolute atomic E-state index is 0.0910. The van der Waals surface area contributed by atoms with Gasteiger partial charge in [-0.3, -0.25) is 0 Å². The Balaban J connectivity index is 1.27. The lowest BCUT2D eigenvalue weighted by Crippen LogP contribution is -2.14. The van der Waals surface area contributed by atoms with E-state index < -0.39 is 0 Å². The number of hydrogen-bond donors (Lipinski definition) is 0. The predicted octanol–water partition coefficient (Wildman–Crippen LogP) is 15.1. The number of nitrogens with zero attached hydrogens (tertiary/aromatic N) is 1. The molecule has 53 heavy (non-hydrogen) atoms. The van der Waals surface area contributed by atoms with Crippen LogP contribution in [0.1, 0.15) is 52.7 Å². The van der Waals surface area contributed by atoms with E-state index in [2.05, 4.69) is 222 Å². The monoisotopic (exact) mass is 685 g/mol. The van der Waals surface area contributed by atoms with E-state index in [4.69, 9.17) is 0 Å². The highest BCUT2D eigenvalue weighted by Gasteiger charge is 2.20. The molecule has 260 valence electrons. The lowest BCUT2D eigenvalue weighted by Gasteiger charge is -2.28. The van der Waals surface area contributed by atoms with Crippen molar-refractivity contribution in [1.29, 1.82) is 0 Å². The van der Waals surface area contributed by atoms with Crippen molar-refractivity contribution in [3.05, 3.63) is 187 Å². The van der Waals surface area contributed by atoms with Gasteiger partial charge < -0.3 is 4.90 Å². The number of rotatable bonds is 6. The third-order valence-electron chi connectivity index (χ3n) is 10.6. The molecule has 0 aliphatic heterocycles. The van der Waals surface area contributed by atoms with Crippen LogP contribution in [-0.4, -0.2) is 0 Å². The van der Waals surface area contributed by atoms with Gasteiger partial charge in [0.05, 0.1) is 0 Å². The molecule has 0 aliphatic rings. The van der Waals surface area contributed by atoms with Crippen LogP contribution in [0.5, 0.6) is 0 Å². The van der Waals surface area contributed by atoms with E-state index in [0.29, 0.717) is 0 Å². The van der Waals surface area contributed by atoms with Crippen LogP contribution in [0, 0.1) is 0 Å². The van der Waals surface area contributed by atoms with Crippen molar-refractivity contribution in [2.75, 3.05) is 4.90 Å². The number of hydrogen-bond acceptors (Lipinski definition) is 1. The van der Waals surface area contributed by atoms with Crippen LogP contribution < -0.4 is 4.90 Å². The summed E-state index contributed by atoms with van der Waals surface area (Å²) >= 11 is 0. The van der Waals surface area contributed by atoms with E-state index in [9.17, 15) is 0 Å². The first-order valence-electron chi connectivity index (χ1n) is 18.8. The van der Waals surface area contributed by atoms with E-state index in [1.54, 1.807) is 0 Å². The molecule has 1 nitrogen and oxygen atoms in total. The Morgan fingerprint density at radius 2 is 0.660 bits per heavy atom. The smallest absolute Gasteiger partial charge is 0.0462 e. The average Bonchev–Trinajstić information content (AvgIpc) is 3.17. The molecule has 0 atom stereocenters. The Labute approximate surface area is 315 Å². The highest BCUT2D eigenvalue weighted by atomic mass is 15.1. The first-order chi connectivity index (χ1) is 25.6. The van der Waals surface area contributed by atoms with Gasteiger partial charge in [0.15, 0.2) is 0 Å². The normalized spacial score (nSPS) is 12.0. The SMILES string of the molecule is CC(C)(C)c1ccc(N(c2ccc(-c3ccc4c(-c5ccccc5)c5ccccc5c(-c5ccccc5)c4c3)cc2)c2ccc(C(C)(C)C)cc2)cc1. The lowest BCUT2D eigenvalue weighted by molar-refractivity contribution is 0.590. The maximum Gasteiger partial charge on any atom is 0.0462 e. The van der Waals surface area contributed by atoms with Gasteiger partial charge in [-0.15, -0.1) is 0 Å². The first-order valence-corrected chi connectivity index (χ1v) is 18.8. The summed E-state index contributed by atoms with van der Waals surface area (Å²) in [6.07, 6.45) is 0. The highest BCUT2D eigenvalue weighted by molar-refractivity contribution is 6.22. The molecular weight excluding hydrogens is 639 g/mol. The maximum atomic E-state index is 2.40. The van der Waals surface area contributed by atoms with Gasteiger partial charge in [-0.05, 0) is 119 Å². The summed E-state index contributed by atoms with van der Waals surface area (Å²) in [6.45, 7) is 13.6. The summed E-state index contributed by atoms with van der Waals surface area (Å²) in [4.78, 5) is 2.37. The second-order valence-electron chi connectivity index (χ2n) is 16.3. The molecule has 0 bridgehead atoms. The van der Waals surface area contributed by atoms with E-state index in [1.807, 2.05) is 0 Å². The van der Waals surface area contributed by atoms with Crippen molar-refractivity contribution >= 4 is 38.6 Å². The fourth-order valence-electron chi connectivity index (χ4n) is 7.66. The Kier molecular flexibility index (Phi) is 8.75. The largest absolute Gasteiger partial charge is 0.311 e. The fraction of sp³-hybridized carbons (Fsp3) is 0.154. The van der Waals surface area contributed by atoms with Gasteiger partial charge in [-0.2, -0.15) is 0 Å². The molecule has 0 N–H and O–H groups in total. The molecular formula is C52H47N. The van der Waals surface area contributed by atoms with Crippen LogP contribution in [-0.2, 0) is 10.8 Å². The summed E-state index contributed by atoms with van der Waals surface area (Å²) < 4.78 is 0. The average molecular weight is 686 g/mol. The Morgan fingerprint density at radius 3 is 1.09 bits per heavy atom. The van der Waals surface area contributed by atoms with Crippen molar-refractivity contribution < 1.29 is 0 Å². The number of benzene rings is 8. The molecule has 0 saturated carbocycles. The van der Waals surface area contributed by atoms with Crippen LogP contribution >= 0.6 is 0 Å². The molecule has 8 aromatic rings. The van der Waals surface area contributed by atoms with E-state index in [0.717, 1.165) is 17.1 Å². The van der Waals surface area contributed by atoms with Gasteiger partial charge in [-0.1, -0.05) is 175 Å². The second kappa shape index (κ2) is 13.6. The molecule has 0 spiro atoms. The molecule has 1 heteroatoms.